The minimum atomic E-state index is -1.31. The van der Waals surface area contributed by atoms with Crippen LogP contribution in [0.3, 0.4) is 0 Å². The smallest absolute Gasteiger partial charge is 0.308 e. The Labute approximate surface area is 162 Å². The van der Waals surface area contributed by atoms with E-state index in [1.165, 1.54) is 6.07 Å². The number of rotatable bonds is 8. The van der Waals surface area contributed by atoms with Gasteiger partial charge in [0.2, 0.25) is 0 Å². The van der Waals surface area contributed by atoms with E-state index in [1.54, 1.807) is 20.8 Å². The van der Waals surface area contributed by atoms with Crippen molar-refractivity contribution in [2.75, 3.05) is 12.4 Å². The summed E-state index contributed by atoms with van der Waals surface area (Å²) in [5.74, 6) is -0.463. The van der Waals surface area contributed by atoms with Gasteiger partial charge in [-0.3, -0.25) is 19.2 Å². The van der Waals surface area contributed by atoms with E-state index in [9.17, 15) is 18.7 Å². The van der Waals surface area contributed by atoms with E-state index in [4.69, 9.17) is 11.3 Å². The lowest BCUT2D eigenvalue weighted by Crippen LogP contribution is -2.38. The van der Waals surface area contributed by atoms with Crippen LogP contribution in [0, 0.1) is 22.5 Å². The van der Waals surface area contributed by atoms with Crippen molar-refractivity contribution in [2.24, 2.45) is 0 Å². The molecule has 27 heavy (non-hydrogen) atoms. The number of benzene rings is 1. The third-order valence-corrected chi connectivity index (χ3v) is 6.59. The molecule has 6 nitrogen and oxygen atoms in total. The average molecular weight is 399 g/mol. The first-order valence-electron chi connectivity index (χ1n) is 8.57. The lowest BCUT2D eigenvalue weighted by atomic mass is 9.81. The highest BCUT2D eigenvalue weighted by Crippen LogP contribution is 2.35. The molecule has 0 unspecified atom stereocenters. The van der Waals surface area contributed by atoms with Crippen molar-refractivity contribution >= 4 is 16.5 Å². The number of halogens is 1. The molecule has 1 rings (SSSR count). The van der Waals surface area contributed by atoms with Gasteiger partial charge in [-0.1, -0.05) is 6.92 Å². The molecule has 0 fully saturated rings. The zero-order valence-corrected chi connectivity index (χ0v) is 17.5. The van der Waals surface area contributed by atoms with Gasteiger partial charge in [0, 0.05) is 58.3 Å². The van der Waals surface area contributed by atoms with Crippen LogP contribution in [-0.4, -0.2) is 32.0 Å². The van der Waals surface area contributed by atoms with Gasteiger partial charge in [-0.25, -0.2) is 11.0 Å². The number of nitrogens with zero attached hydrogens (tertiary/aromatic N) is 2. The molecule has 0 amide bonds. The van der Waals surface area contributed by atoms with Crippen LogP contribution in [0.25, 0.3) is 4.85 Å². The number of nitro benzene ring substituents is 1. The zero-order chi connectivity index (χ0) is 21.0. The first-order valence-corrected chi connectivity index (χ1v) is 9.89. The van der Waals surface area contributed by atoms with E-state index < -0.39 is 37.4 Å². The number of hydrogen-bond donors (Lipinski definition) is 0. The van der Waals surface area contributed by atoms with E-state index >= 15 is 0 Å². The van der Waals surface area contributed by atoms with Crippen LogP contribution in [0.1, 0.15) is 53.5 Å². The van der Waals surface area contributed by atoms with E-state index in [0.29, 0.717) is 0 Å². The van der Waals surface area contributed by atoms with Crippen molar-refractivity contribution in [3.8, 4) is 0 Å². The molecule has 0 aromatic heterocycles. The van der Waals surface area contributed by atoms with Gasteiger partial charge < -0.3 is 4.74 Å². The Kier molecular flexibility index (Phi) is 7.25. The van der Waals surface area contributed by atoms with Gasteiger partial charge in [0.1, 0.15) is 5.82 Å². The van der Waals surface area contributed by atoms with Gasteiger partial charge in [-0.2, -0.15) is 0 Å². The minimum absolute atomic E-state index is 0.121. The molecule has 0 bridgehead atoms. The molecule has 0 aliphatic carbocycles. The molecular formula is C19H27FN2O4S. The molecule has 0 saturated carbocycles. The number of hydrogen-bond acceptors (Lipinski definition) is 4. The fraction of sp³-hybridized carbons (Fsp3) is 0.632. The summed E-state index contributed by atoms with van der Waals surface area (Å²) in [6, 6.07) is 3.38. The summed E-state index contributed by atoms with van der Waals surface area (Å²) in [5.41, 5.74) is -2.06. The highest BCUT2D eigenvalue weighted by Gasteiger charge is 2.37. The molecule has 8 heteroatoms. The molecule has 0 aliphatic rings. The van der Waals surface area contributed by atoms with Crippen molar-refractivity contribution in [2.45, 2.75) is 63.9 Å². The van der Waals surface area contributed by atoms with Gasteiger partial charge in [0.25, 0.3) is 5.69 Å². The summed E-state index contributed by atoms with van der Waals surface area (Å²) < 4.78 is 32.4. The molecule has 0 aliphatic heterocycles. The first-order chi connectivity index (χ1) is 12.2. The minimum Gasteiger partial charge on any atom is -0.308 e. The van der Waals surface area contributed by atoms with Gasteiger partial charge >= 0.3 is 5.72 Å². The number of non-ortho nitro benzene ring substituents is 1. The highest BCUT2D eigenvalue weighted by atomic mass is 32.2. The van der Waals surface area contributed by atoms with Crippen LogP contribution < -0.4 is 0 Å². The van der Waals surface area contributed by atoms with Gasteiger partial charge in [-0.05, 0) is 33.3 Å². The highest BCUT2D eigenvalue weighted by molar-refractivity contribution is 7.86. The Balaban J connectivity index is 3.29. The lowest BCUT2D eigenvalue weighted by molar-refractivity contribution is -0.385. The third kappa shape index (κ3) is 6.36. The maximum absolute atomic E-state index is 14.6. The topological polar surface area (TPSA) is 73.8 Å². The van der Waals surface area contributed by atoms with Crippen LogP contribution >= 0.6 is 0 Å². The molecule has 0 saturated heterocycles. The SMILES string of the molecule is [C-]#[N+]C(C)(C)OCC[C@](C)(C[S@@](=O)C(C)(C)C)c1cc([N+](=O)[O-])ccc1F. The molecule has 0 radical (unpaired) electrons. The lowest BCUT2D eigenvalue weighted by Gasteiger charge is -2.33. The standard InChI is InChI=1S/C19H27FN2O4S/c1-17(2,3)27(25)13-19(6,10-11-26-18(4,5)21-7)15-12-14(22(23)24)8-9-16(15)20/h8-9,12H,10-11,13H2,1-6H3/t19-,27-/m1/s1. The fourth-order valence-electron chi connectivity index (χ4n) is 2.44. The maximum atomic E-state index is 14.6. The predicted molar refractivity (Wildman–Crippen MR) is 104 cm³/mol. The Morgan fingerprint density at radius 3 is 2.33 bits per heavy atom. The molecular weight excluding hydrogens is 371 g/mol. The van der Waals surface area contributed by atoms with Crippen LogP contribution in [0.4, 0.5) is 10.1 Å². The Morgan fingerprint density at radius 1 is 1.26 bits per heavy atom. The maximum Gasteiger partial charge on any atom is 0.331 e. The van der Waals surface area contributed by atoms with Crippen LogP contribution in [0.2, 0.25) is 0 Å². The van der Waals surface area contributed by atoms with E-state index in [0.717, 1.165) is 12.1 Å². The van der Waals surface area contributed by atoms with Crippen molar-refractivity contribution in [1.29, 1.82) is 0 Å². The normalized spacial score (nSPS) is 15.6. The molecule has 2 atom stereocenters. The molecule has 0 spiro atoms. The van der Waals surface area contributed by atoms with Crippen molar-refractivity contribution in [3.63, 3.8) is 0 Å². The Morgan fingerprint density at radius 2 is 1.85 bits per heavy atom. The number of ether oxygens (including phenoxy) is 1. The molecule has 1 aromatic rings. The second kappa shape index (κ2) is 8.44. The quantitative estimate of drug-likeness (QED) is 0.364. The largest absolute Gasteiger partial charge is 0.331 e. The zero-order valence-electron chi connectivity index (χ0n) is 16.7. The van der Waals surface area contributed by atoms with Crippen molar-refractivity contribution < 1.29 is 18.3 Å². The first kappa shape index (κ1) is 23.2. The van der Waals surface area contributed by atoms with Gasteiger partial charge in [0.15, 0.2) is 0 Å². The molecule has 0 N–H and O–H groups in total. The van der Waals surface area contributed by atoms with Gasteiger partial charge in [0.05, 0.1) is 11.5 Å². The third-order valence-electron chi connectivity index (χ3n) is 4.32. The molecule has 0 heterocycles. The predicted octanol–water partition coefficient (Wildman–Crippen LogP) is 4.60. The average Bonchev–Trinajstić information content (AvgIpc) is 2.53. The van der Waals surface area contributed by atoms with Crippen LogP contribution in [0.15, 0.2) is 18.2 Å². The molecule has 1 aromatic carbocycles. The summed E-state index contributed by atoms with van der Waals surface area (Å²) in [6.45, 7) is 17.7. The van der Waals surface area contributed by atoms with E-state index in [1.807, 2.05) is 20.8 Å². The fourth-order valence-corrected chi connectivity index (χ4v) is 3.75. The summed E-state index contributed by atoms with van der Waals surface area (Å²) in [4.78, 5) is 13.9. The second-order valence-corrected chi connectivity index (χ2v) is 10.4. The van der Waals surface area contributed by atoms with Gasteiger partial charge in [-0.15, -0.1) is 0 Å². The summed E-state index contributed by atoms with van der Waals surface area (Å²) in [7, 11) is -1.31. The van der Waals surface area contributed by atoms with Crippen molar-refractivity contribution in [1.82, 2.24) is 0 Å². The monoisotopic (exact) mass is 398 g/mol. The summed E-state index contributed by atoms with van der Waals surface area (Å²) >= 11 is 0. The van der Waals surface area contributed by atoms with E-state index in [2.05, 4.69) is 4.85 Å². The van der Waals surface area contributed by atoms with Crippen molar-refractivity contribution in [3.05, 3.63) is 51.1 Å². The van der Waals surface area contributed by atoms with Crippen LogP contribution in [-0.2, 0) is 21.0 Å². The van der Waals surface area contributed by atoms with E-state index in [-0.39, 0.29) is 30.0 Å². The Bertz CT molecular complexity index is 768. The number of nitro groups is 1. The Hall–Kier alpha value is -1.85. The second-order valence-electron chi connectivity index (χ2n) is 8.24. The summed E-state index contributed by atoms with van der Waals surface area (Å²) in [6.07, 6.45) is 0.270. The molecule has 150 valence electrons. The summed E-state index contributed by atoms with van der Waals surface area (Å²) in [5, 5.41) is 11.1. The van der Waals surface area contributed by atoms with Crippen LogP contribution in [0.5, 0.6) is 0 Å².